The molecule has 0 unspecified atom stereocenters. The fraction of sp³-hybridized carbons (Fsp3) is 0. The quantitative estimate of drug-likeness (QED) is 0.674. The van der Waals surface area contributed by atoms with Crippen LogP contribution >= 0.6 is 0 Å². The Labute approximate surface area is 118 Å². The van der Waals surface area contributed by atoms with Crippen LogP contribution in [0.5, 0.6) is 11.6 Å². The van der Waals surface area contributed by atoms with Crippen LogP contribution in [-0.4, -0.2) is 21.0 Å². The predicted octanol–water partition coefficient (Wildman–Crippen LogP) is 2.35. The average molecular weight is 285 g/mol. The number of nitriles is 1. The molecule has 0 saturated carbocycles. The zero-order chi connectivity index (χ0) is 15.4. The molecule has 0 spiro atoms. The number of pyridine rings is 1. The van der Waals surface area contributed by atoms with Crippen LogP contribution in [0.2, 0.25) is 0 Å². The van der Waals surface area contributed by atoms with Gasteiger partial charge in [-0.05, 0) is 30.3 Å². The Bertz CT molecular complexity index is 749. The number of hydrogen-bond acceptors (Lipinski definition) is 6. The summed E-state index contributed by atoms with van der Waals surface area (Å²) in [6.45, 7) is 0. The van der Waals surface area contributed by atoms with E-state index in [1.54, 1.807) is 0 Å². The van der Waals surface area contributed by atoms with Crippen molar-refractivity contribution in [3.05, 3.63) is 57.8 Å². The largest absolute Gasteiger partial charge is 0.477 e. The molecule has 0 aliphatic carbocycles. The van der Waals surface area contributed by atoms with Crippen LogP contribution in [0, 0.1) is 21.4 Å². The van der Waals surface area contributed by atoms with Crippen LogP contribution in [0.4, 0.5) is 5.69 Å². The lowest BCUT2D eigenvalue weighted by atomic mass is 10.2. The maximum Gasteiger partial charge on any atom is 0.354 e. The smallest absolute Gasteiger partial charge is 0.354 e. The second-order valence-electron chi connectivity index (χ2n) is 3.82. The molecule has 104 valence electrons. The van der Waals surface area contributed by atoms with E-state index in [0.717, 1.165) is 12.1 Å². The molecule has 0 radical (unpaired) electrons. The monoisotopic (exact) mass is 285 g/mol. The molecule has 0 aliphatic heterocycles. The zero-order valence-corrected chi connectivity index (χ0v) is 10.4. The fourth-order valence-electron chi connectivity index (χ4n) is 1.48. The zero-order valence-electron chi connectivity index (χ0n) is 10.4. The topological polar surface area (TPSA) is 126 Å². The molecule has 0 bridgehead atoms. The number of benzene rings is 1. The molecule has 8 heteroatoms. The molecule has 0 amide bonds. The van der Waals surface area contributed by atoms with E-state index in [-0.39, 0.29) is 11.4 Å². The van der Waals surface area contributed by atoms with Gasteiger partial charge in [0, 0.05) is 6.07 Å². The first-order valence-electron chi connectivity index (χ1n) is 5.58. The SMILES string of the molecule is N#Cc1ccc(Oc2nc(C(=O)O)ccc2[N+](=O)[O-])cc1. The third-order valence-corrected chi connectivity index (χ3v) is 2.45. The van der Waals surface area contributed by atoms with Crippen molar-refractivity contribution in [2.24, 2.45) is 0 Å². The number of carboxylic acid groups (broad SMARTS) is 1. The molecule has 2 aromatic rings. The third-order valence-electron chi connectivity index (χ3n) is 2.45. The molecule has 8 nitrogen and oxygen atoms in total. The molecule has 2 rings (SSSR count). The predicted molar refractivity (Wildman–Crippen MR) is 69.1 cm³/mol. The number of carboxylic acids is 1. The van der Waals surface area contributed by atoms with Gasteiger partial charge in [-0.15, -0.1) is 0 Å². The van der Waals surface area contributed by atoms with Crippen LogP contribution in [0.3, 0.4) is 0 Å². The summed E-state index contributed by atoms with van der Waals surface area (Å²) in [7, 11) is 0. The maximum absolute atomic E-state index is 10.9. The second kappa shape index (κ2) is 5.66. The van der Waals surface area contributed by atoms with Crippen LogP contribution in [0.25, 0.3) is 0 Å². The summed E-state index contributed by atoms with van der Waals surface area (Å²) in [5, 5.41) is 28.4. The molecule has 0 aliphatic rings. The molecule has 0 fully saturated rings. The molecule has 21 heavy (non-hydrogen) atoms. The lowest BCUT2D eigenvalue weighted by molar-refractivity contribution is -0.386. The Morgan fingerprint density at radius 3 is 2.48 bits per heavy atom. The van der Waals surface area contributed by atoms with E-state index in [9.17, 15) is 14.9 Å². The minimum atomic E-state index is -1.32. The number of carbonyl (C=O) groups is 1. The number of hydrogen-bond donors (Lipinski definition) is 1. The maximum atomic E-state index is 10.9. The first kappa shape index (κ1) is 14.0. The summed E-state index contributed by atoms with van der Waals surface area (Å²) in [5.41, 5.74) is -0.433. The highest BCUT2D eigenvalue weighted by molar-refractivity contribution is 5.85. The van der Waals surface area contributed by atoms with E-state index in [1.165, 1.54) is 24.3 Å². The molecular weight excluding hydrogens is 278 g/mol. The molecule has 1 aromatic heterocycles. The van der Waals surface area contributed by atoms with E-state index in [1.807, 2.05) is 6.07 Å². The van der Waals surface area contributed by atoms with Gasteiger partial charge in [-0.1, -0.05) is 0 Å². The van der Waals surface area contributed by atoms with Crippen molar-refractivity contribution < 1.29 is 19.6 Å². The summed E-state index contributed by atoms with van der Waals surface area (Å²) in [6, 6.07) is 9.72. The van der Waals surface area contributed by atoms with Crippen molar-refractivity contribution in [1.29, 1.82) is 5.26 Å². The number of aromatic carboxylic acids is 1. The molecule has 1 aromatic carbocycles. The molecular formula is C13H7N3O5. The highest BCUT2D eigenvalue weighted by Gasteiger charge is 2.20. The Hall–Kier alpha value is -3.47. The number of aromatic nitrogens is 1. The van der Waals surface area contributed by atoms with Crippen LogP contribution in [0.1, 0.15) is 16.1 Å². The number of rotatable bonds is 4. The average Bonchev–Trinajstić information content (AvgIpc) is 2.47. The van der Waals surface area contributed by atoms with Gasteiger partial charge in [0.1, 0.15) is 5.75 Å². The summed E-state index contributed by atoms with van der Waals surface area (Å²) in [6.07, 6.45) is 0. The van der Waals surface area contributed by atoms with Gasteiger partial charge in [-0.2, -0.15) is 10.2 Å². The second-order valence-corrected chi connectivity index (χ2v) is 3.82. The first-order chi connectivity index (χ1) is 10.0. The van der Waals surface area contributed by atoms with Gasteiger partial charge in [0.25, 0.3) is 5.88 Å². The van der Waals surface area contributed by atoms with Crippen molar-refractivity contribution in [2.75, 3.05) is 0 Å². The van der Waals surface area contributed by atoms with E-state index in [0.29, 0.717) is 5.56 Å². The van der Waals surface area contributed by atoms with Gasteiger partial charge in [-0.3, -0.25) is 10.1 Å². The normalized spacial score (nSPS) is 9.67. The van der Waals surface area contributed by atoms with Gasteiger partial charge in [-0.25, -0.2) is 4.79 Å². The molecule has 0 atom stereocenters. The first-order valence-corrected chi connectivity index (χ1v) is 5.58. The summed E-state index contributed by atoms with van der Waals surface area (Å²) in [4.78, 5) is 24.6. The fourth-order valence-corrected chi connectivity index (χ4v) is 1.48. The van der Waals surface area contributed by atoms with E-state index >= 15 is 0 Å². The van der Waals surface area contributed by atoms with Crippen molar-refractivity contribution >= 4 is 11.7 Å². The summed E-state index contributed by atoms with van der Waals surface area (Å²) in [5.74, 6) is -1.55. The third kappa shape index (κ3) is 3.10. The number of nitro groups is 1. The van der Waals surface area contributed by atoms with Gasteiger partial charge in [0.05, 0.1) is 16.6 Å². The Kier molecular flexibility index (Phi) is 3.76. The van der Waals surface area contributed by atoms with Gasteiger partial charge >= 0.3 is 11.7 Å². The van der Waals surface area contributed by atoms with Crippen molar-refractivity contribution in [3.8, 4) is 17.7 Å². The van der Waals surface area contributed by atoms with Crippen molar-refractivity contribution in [2.45, 2.75) is 0 Å². The van der Waals surface area contributed by atoms with E-state index in [4.69, 9.17) is 15.1 Å². The highest BCUT2D eigenvalue weighted by Crippen LogP contribution is 2.29. The van der Waals surface area contributed by atoms with E-state index < -0.39 is 22.5 Å². The lowest BCUT2D eigenvalue weighted by Gasteiger charge is -2.06. The molecule has 0 saturated heterocycles. The lowest BCUT2D eigenvalue weighted by Crippen LogP contribution is -2.03. The molecule has 1 N–H and O–H groups in total. The Balaban J connectivity index is 2.40. The summed E-state index contributed by atoms with van der Waals surface area (Å²) < 4.78 is 5.24. The van der Waals surface area contributed by atoms with Gasteiger partial charge < -0.3 is 9.84 Å². The van der Waals surface area contributed by atoms with Crippen LogP contribution in [0.15, 0.2) is 36.4 Å². The van der Waals surface area contributed by atoms with Crippen molar-refractivity contribution in [3.63, 3.8) is 0 Å². The van der Waals surface area contributed by atoms with Crippen LogP contribution < -0.4 is 4.74 Å². The van der Waals surface area contributed by atoms with Crippen molar-refractivity contribution in [1.82, 2.24) is 4.98 Å². The highest BCUT2D eigenvalue weighted by atomic mass is 16.6. The van der Waals surface area contributed by atoms with Crippen LogP contribution in [-0.2, 0) is 0 Å². The summed E-state index contributed by atoms with van der Waals surface area (Å²) >= 11 is 0. The van der Waals surface area contributed by atoms with Gasteiger partial charge in [0.15, 0.2) is 5.69 Å². The standard InChI is InChI=1S/C13H7N3O5/c14-7-8-1-3-9(4-2-8)21-12-11(16(19)20)6-5-10(15-12)13(17)18/h1-6H,(H,17,18). The number of nitrogens with zero attached hydrogens (tertiary/aromatic N) is 3. The number of ether oxygens (including phenoxy) is 1. The Morgan fingerprint density at radius 1 is 1.29 bits per heavy atom. The molecule has 1 heterocycles. The Morgan fingerprint density at radius 2 is 1.95 bits per heavy atom. The van der Waals surface area contributed by atoms with E-state index in [2.05, 4.69) is 4.98 Å². The van der Waals surface area contributed by atoms with Gasteiger partial charge in [0.2, 0.25) is 0 Å². The minimum Gasteiger partial charge on any atom is -0.477 e. The minimum absolute atomic E-state index is 0.201.